The van der Waals surface area contributed by atoms with Gasteiger partial charge in [-0.2, -0.15) is 0 Å². The van der Waals surface area contributed by atoms with E-state index < -0.39 is 60.4 Å². The van der Waals surface area contributed by atoms with Gasteiger partial charge in [0.2, 0.25) is 0 Å². The van der Waals surface area contributed by atoms with Gasteiger partial charge in [0, 0.05) is 50.2 Å². The number of ether oxygens (including phenoxy) is 15. The van der Waals surface area contributed by atoms with Gasteiger partial charge in [-0.1, -0.05) is 132 Å². The highest BCUT2D eigenvalue weighted by Crippen LogP contribution is 2.52. The Morgan fingerprint density at radius 2 is 1.28 bits per heavy atom. The number of aliphatic hydroxyl groups excluding tert-OH is 4. The Labute approximate surface area is 554 Å². The Kier molecular flexibility index (Phi) is 20.3. The van der Waals surface area contributed by atoms with Crippen molar-refractivity contribution < 1.29 is 91.5 Å². The number of fused-ring (bicyclic) bond motifs is 10. The quantitative estimate of drug-likeness (QED) is 0.182. The van der Waals surface area contributed by atoms with E-state index in [1.807, 2.05) is 80.7 Å². The SMILES string of the molecule is C=CC[C@@H]1O[C@@H]2C[C@@H]3O[C@@H]4C[C@@H]5O[C@@H]6[C@@H](C)[C@H](C)[C@@]7(C[C@H](O)CO7)O[C@H]6[C@@H](O)[C@H](C)[C@H]5O[C@H]4C[C@@H](C)C[C@H]3O[C@@]2(C)[C@H](O)C[C@H]1C.C=CC[C@H]1O[C@H]2C=C[C@H]3O[C@H]4[C@H](O)[C@H]5O[C@@H](/C=C/C6COC(c7ccc8ccccc8c7)O6)C=CC[C@@H]5O[C@@H]4C[C@@H]3O[C@@H]2C=C[C@@H]1OC. The second-order valence-electron chi connectivity index (χ2n) is 29.7. The molecule has 0 saturated carbocycles. The maximum atomic E-state index is 11.8. The van der Waals surface area contributed by atoms with Gasteiger partial charge in [-0.3, -0.25) is 0 Å². The van der Waals surface area contributed by atoms with Gasteiger partial charge < -0.3 is 91.5 Å². The van der Waals surface area contributed by atoms with E-state index in [-0.39, 0.29) is 146 Å². The van der Waals surface area contributed by atoms with E-state index in [2.05, 4.69) is 77.3 Å². The topological polar surface area (TPSA) is 219 Å². The van der Waals surface area contributed by atoms with Crippen molar-refractivity contribution in [3.8, 4) is 0 Å². The smallest absolute Gasteiger partial charge is 0.184 e. The van der Waals surface area contributed by atoms with Crippen molar-refractivity contribution in [2.45, 2.75) is 282 Å². The molecule has 19 nitrogen and oxygen atoms in total. The second kappa shape index (κ2) is 28.2. The number of aliphatic hydroxyl groups is 4. The predicted molar refractivity (Wildman–Crippen MR) is 346 cm³/mol. The van der Waals surface area contributed by atoms with Gasteiger partial charge in [0.25, 0.3) is 0 Å². The molecule has 0 aromatic heterocycles. The molecule has 13 aliphatic rings. The normalized spacial score (nSPS) is 50.5. The van der Waals surface area contributed by atoms with E-state index in [0.717, 1.165) is 30.2 Å². The van der Waals surface area contributed by atoms with Gasteiger partial charge >= 0.3 is 0 Å². The molecule has 13 heterocycles. The van der Waals surface area contributed by atoms with Crippen LogP contribution in [0.25, 0.3) is 10.8 Å². The average Bonchev–Trinajstić information content (AvgIpc) is 1.50. The van der Waals surface area contributed by atoms with Gasteiger partial charge in [-0.25, -0.2) is 0 Å². The molecule has 1 spiro atoms. The zero-order chi connectivity index (χ0) is 65.3. The summed E-state index contributed by atoms with van der Waals surface area (Å²) in [5, 5.41) is 47.5. The fraction of sp³-hybridized carbons (Fsp3) is 0.707. The van der Waals surface area contributed by atoms with Crippen LogP contribution in [0.1, 0.15) is 118 Å². The first-order valence-corrected chi connectivity index (χ1v) is 35.2. The summed E-state index contributed by atoms with van der Waals surface area (Å²) in [5.41, 5.74) is 0.185. The molecule has 0 bridgehead atoms. The molecule has 0 aliphatic carbocycles. The molecule has 0 radical (unpaired) electrons. The molecule has 0 amide bonds. The zero-order valence-corrected chi connectivity index (χ0v) is 55.6. The first-order chi connectivity index (χ1) is 45.4. The van der Waals surface area contributed by atoms with Gasteiger partial charge in [-0.05, 0) is 80.0 Å². The lowest BCUT2D eigenvalue weighted by Gasteiger charge is -2.53. The van der Waals surface area contributed by atoms with Crippen molar-refractivity contribution in [2.24, 2.45) is 29.6 Å². The third-order valence-electron chi connectivity index (χ3n) is 23.3. The third-order valence-corrected chi connectivity index (χ3v) is 23.3. The fourth-order valence-electron chi connectivity index (χ4n) is 17.7. The summed E-state index contributed by atoms with van der Waals surface area (Å²) in [6.07, 6.45) is 16.6. The number of hydrogen-bond donors (Lipinski definition) is 4. The highest BCUT2D eigenvalue weighted by atomic mass is 16.7. The molecule has 94 heavy (non-hydrogen) atoms. The van der Waals surface area contributed by atoms with E-state index in [4.69, 9.17) is 71.1 Å². The van der Waals surface area contributed by atoms with Gasteiger partial charge in [-0.15, -0.1) is 13.2 Å². The van der Waals surface area contributed by atoms with Gasteiger partial charge in [0.15, 0.2) is 12.1 Å². The molecular weight excluding hydrogens is 1200 g/mol. The van der Waals surface area contributed by atoms with Crippen LogP contribution in [-0.2, 0) is 71.1 Å². The minimum atomic E-state index is -0.927. The lowest BCUT2D eigenvalue weighted by atomic mass is 9.75. The zero-order valence-electron chi connectivity index (χ0n) is 55.6. The largest absolute Gasteiger partial charge is 0.391 e. The van der Waals surface area contributed by atoms with E-state index in [1.165, 1.54) is 5.39 Å². The molecule has 13 aliphatic heterocycles. The minimum absolute atomic E-state index is 0.0270. The summed E-state index contributed by atoms with van der Waals surface area (Å²) >= 11 is 0. The molecule has 10 saturated heterocycles. The van der Waals surface area contributed by atoms with E-state index >= 15 is 0 Å². The molecule has 2 unspecified atom stereocenters. The standard InChI is InChI=1S/C39H44O9.C36H58O10/c1-3-7-29-28(41-2)16-17-31-30(45-29)18-19-32-34(46-31)21-35-38(48-32)36(40)37-33(47-35)11-6-10-26(43-37)14-15-27-22-42-39(44-27)25-13-12-23-8-4-5-9-24(23)20-25;1-8-9-23-18(3)12-29(38)35(7)30(42-23)14-26-27(45-35)11-17(2)10-24-25(41-26)13-28-32(43-24)20(5)31(39)34-33(44-28)19(4)21(6)36(46-34)15-22(37)16-40-36/h3-6,8-10,12-20,26-40H,1,7,11,21-22H2,2H3;8,17-34,37-39H,1,9-16H2,2-7H3/b15-14+;/t26-,27?,28+,29-,30+,31-,32-,33+,34+,35-,36-,37+,38-,39?;17-,18-,19+,20+,21+,22+,23+,24+,25-,26+,27-,28+,29-,30-,31+,32-,33-,34+,35+,36-/m11/s1. The number of hydrogen-bond acceptors (Lipinski definition) is 19. The Morgan fingerprint density at radius 1 is 0.574 bits per heavy atom. The summed E-state index contributed by atoms with van der Waals surface area (Å²) in [6.45, 7) is 21.2. The van der Waals surface area contributed by atoms with Crippen LogP contribution in [0, 0.1) is 29.6 Å². The van der Waals surface area contributed by atoms with Crippen molar-refractivity contribution >= 4 is 10.8 Å². The van der Waals surface area contributed by atoms with Crippen LogP contribution in [0.3, 0.4) is 0 Å². The number of rotatable bonds is 8. The third kappa shape index (κ3) is 13.3. The van der Waals surface area contributed by atoms with Crippen LogP contribution < -0.4 is 0 Å². The van der Waals surface area contributed by atoms with E-state index in [0.29, 0.717) is 57.5 Å². The molecule has 15 rings (SSSR count). The molecule has 4 N–H and O–H groups in total. The number of benzene rings is 2. The molecule has 2 aromatic rings. The highest BCUT2D eigenvalue weighted by Gasteiger charge is 2.63. The lowest BCUT2D eigenvalue weighted by molar-refractivity contribution is -0.339. The van der Waals surface area contributed by atoms with Crippen molar-refractivity contribution in [1.29, 1.82) is 0 Å². The molecular formula is C75H102O19. The average molecular weight is 1310 g/mol. The van der Waals surface area contributed by atoms with Crippen molar-refractivity contribution in [2.75, 3.05) is 20.3 Å². The van der Waals surface area contributed by atoms with E-state index in [9.17, 15) is 20.4 Å². The van der Waals surface area contributed by atoms with Gasteiger partial charge in [0.05, 0.1) is 117 Å². The molecule has 10 fully saturated rings. The summed E-state index contributed by atoms with van der Waals surface area (Å²) in [7, 11) is 1.68. The van der Waals surface area contributed by atoms with Crippen molar-refractivity contribution in [3.05, 3.63) is 122 Å². The Bertz CT molecular complexity index is 3070. The maximum absolute atomic E-state index is 11.8. The lowest BCUT2D eigenvalue weighted by Crippen LogP contribution is -2.63. The molecule has 516 valence electrons. The molecule has 2 aromatic carbocycles. The highest BCUT2D eigenvalue weighted by molar-refractivity contribution is 5.83. The second-order valence-corrected chi connectivity index (χ2v) is 29.7. The Hall–Kier alpha value is -3.62. The summed E-state index contributed by atoms with van der Waals surface area (Å²) in [6, 6.07) is 14.5. The van der Waals surface area contributed by atoms with E-state index in [1.54, 1.807) is 7.11 Å². The van der Waals surface area contributed by atoms with Crippen molar-refractivity contribution in [1.82, 2.24) is 0 Å². The van der Waals surface area contributed by atoms with Crippen LogP contribution >= 0.6 is 0 Å². The van der Waals surface area contributed by atoms with Crippen LogP contribution in [-0.4, -0.2) is 211 Å². The number of methoxy groups -OCH3 is 1. The first-order valence-electron chi connectivity index (χ1n) is 35.2. The van der Waals surface area contributed by atoms with Gasteiger partial charge in [0.1, 0.15) is 60.5 Å². The Morgan fingerprint density at radius 3 is 2.07 bits per heavy atom. The first kappa shape index (κ1) is 67.6. The van der Waals surface area contributed by atoms with Crippen LogP contribution in [0.4, 0.5) is 0 Å². The summed E-state index contributed by atoms with van der Waals surface area (Å²) in [5.74, 6) is -0.675. The minimum Gasteiger partial charge on any atom is -0.391 e. The maximum Gasteiger partial charge on any atom is 0.184 e. The van der Waals surface area contributed by atoms with Crippen LogP contribution in [0.5, 0.6) is 0 Å². The Balaban J connectivity index is 0.000000163. The summed E-state index contributed by atoms with van der Waals surface area (Å²) < 4.78 is 97.6. The predicted octanol–water partition coefficient (Wildman–Crippen LogP) is 8.57. The van der Waals surface area contributed by atoms with Crippen LogP contribution in [0.2, 0.25) is 0 Å². The monoisotopic (exact) mass is 1310 g/mol. The van der Waals surface area contributed by atoms with Crippen molar-refractivity contribution in [3.63, 3.8) is 0 Å². The molecule has 19 heteroatoms. The summed E-state index contributed by atoms with van der Waals surface area (Å²) in [4.78, 5) is 0. The fourth-order valence-corrected chi connectivity index (χ4v) is 17.7. The van der Waals surface area contributed by atoms with Crippen LogP contribution in [0.15, 0.2) is 116 Å². The molecule has 34 atom stereocenters.